The Bertz CT molecular complexity index is 1060. The van der Waals surface area contributed by atoms with E-state index in [4.69, 9.17) is 12.2 Å². The molecule has 1 heterocycles. The molecule has 0 bridgehead atoms. The van der Waals surface area contributed by atoms with Crippen LogP contribution in [0.15, 0.2) is 57.9 Å². The van der Waals surface area contributed by atoms with Gasteiger partial charge in [-0.2, -0.15) is 0 Å². The van der Waals surface area contributed by atoms with E-state index in [0.717, 1.165) is 10.0 Å². The summed E-state index contributed by atoms with van der Waals surface area (Å²) in [4.78, 5) is 38.5. The molecule has 0 unspecified atom stereocenters. The van der Waals surface area contributed by atoms with Gasteiger partial charge < -0.3 is 5.11 Å². The first-order chi connectivity index (χ1) is 14.3. The minimum absolute atomic E-state index is 0.0447. The van der Waals surface area contributed by atoms with Crippen LogP contribution in [0.5, 0.6) is 5.75 Å². The number of carbonyl (C=O) groups excluding carboxylic acids is 3. The number of nitrogens with zero attached hydrogens (tertiary/aromatic N) is 1. The van der Waals surface area contributed by atoms with Crippen molar-refractivity contribution in [3.8, 4) is 5.75 Å². The van der Waals surface area contributed by atoms with Crippen LogP contribution in [0.25, 0.3) is 6.08 Å². The zero-order valence-electron chi connectivity index (χ0n) is 15.4. The fourth-order valence-corrected chi connectivity index (χ4v) is 4.29. The summed E-state index contributed by atoms with van der Waals surface area (Å²) in [6.07, 6.45) is 1.70. The largest absolute Gasteiger partial charge is 0.508 e. The van der Waals surface area contributed by atoms with Gasteiger partial charge in [0.15, 0.2) is 0 Å². The first kappa shape index (κ1) is 22.0. The smallest absolute Gasteiger partial charge is 0.269 e. The molecule has 154 valence electrons. The highest BCUT2D eigenvalue weighted by Crippen LogP contribution is 2.32. The highest BCUT2D eigenvalue weighted by Gasteiger charge is 2.32. The van der Waals surface area contributed by atoms with E-state index in [-0.39, 0.29) is 30.2 Å². The lowest BCUT2D eigenvalue weighted by Crippen LogP contribution is -2.43. The second-order valence-corrected chi connectivity index (χ2v) is 8.78. The van der Waals surface area contributed by atoms with E-state index in [1.807, 2.05) is 24.3 Å². The van der Waals surface area contributed by atoms with E-state index in [9.17, 15) is 19.5 Å². The first-order valence-electron chi connectivity index (χ1n) is 8.72. The maximum Gasteiger partial charge on any atom is 0.269 e. The summed E-state index contributed by atoms with van der Waals surface area (Å²) in [5.41, 5.74) is 5.60. The van der Waals surface area contributed by atoms with Gasteiger partial charge in [0.2, 0.25) is 5.91 Å². The van der Waals surface area contributed by atoms with Crippen molar-refractivity contribution in [3.05, 3.63) is 69.0 Å². The molecule has 0 aromatic heterocycles. The second kappa shape index (κ2) is 9.88. The minimum Gasteiger partial charge on any atom is -0.508 e. The Morgan fingerprint density at radius 3 is 2.67 bits per heavy atom. The number of rotatable bonds is 5. The number of carbonyl (C=O) groups is 3. The van der Waals surface area contributed by atoms with Gasteiger partial charge in [0.1, 0.15) is 10.1 Å². The zero-order valence-corrected chi connectivity index (χ0v) is 18.6. The van der Waals surface area contributed by atoms with Crippen molar-refractivity contribution in [1.82, 2.24) is 15.8 Å². The summed E-state index contributed by atoms with van der Waals surface area (Å²) >= 11 is 9.83. The van der Waals surface area contributed by atoms with Crippen LogP contribution in [0.3, 0.4) is 0 Å². The lowest BCUT2D eigenvalue weighted by molar-refractivity contribution is -0.124. The predicted octanol–water partition coefficient (Wildman–Crippen LogP) is 3.21. The number of hydrazine groups is 1. The molecule has 2 aromatic carbocycles. The number of thioether (sulfide) groups is 1. The van der Waals surface area contributed by atoms with Gasteiger partial charge in [-0.15, -0.1) is 0 Å². The third-order valence-corrected chi connectivity index (χ3v) is 5.88. The molecule has 7 nitrogen and oxygen atoms in total. The van der Waals surface area contributed by atoms with Gasteiger partial charge >= 0.3 is 0 Å². The fourth-order valence-electron chi connectivity index (χ4n) is 2.56. The van der Waals surface area contributed by atoms with Crippen molar-refractivity contribution in [2.75, 3.05) is 6.54 Å². The maximum absolute atomic E-state index is 12.6. The molecule has 1 saturated heterocycles. The Labute approximate surface area is 190 Å². The SMILES string of the molecule is O=C(CCN1C(=O)/C(=C/c2cccc(Br)c2)SC1=S)NNC(=O)c1cccc(O)c1. The third kappa shape index (κ3) is 5.68. The molecule has 0 aliphatic carbocycles. The number of phenolic OH excluding ortho intramolecular Hbond substituents is 1. The van der Waals surface area contributed by atoms with Gasteiger partial charge in [-0.25, -0.2) is 0 Å². The van der Waals surface area contributed by atoms with Crippen molar-refractivity contribution in [2.24, 2.45) is 0 Å². The van der Waals surface area contributed by atoms with Gasteiger partial charge in [-0.1, -0.05) is 58.1 Å². The van der Waals surface area contributed by atoms with E-state index in [2.05, 4.69) is 26.8 Å². The van der Waals surface area contributed by atoms with Crippen molar-refractivity contribution >= 4 is 68.0 Å². The van der Waals surface area contributed by atoms with Crippen LogP contribution < -0.4 is 10.9 Å². The number of hydrogen-bond donors (Lipinski definition) is 3. The Hall–Kier alpha value is -2.69. The summed E-state index contributed by atoms with van der Waals surface area (Å²) in [5, 5.41) is 9.40. The molecule has 1 aliphatic heterocycles. The van der Waals surface area contributed by atoms with Crippen molar-refractivity contribution in [2.45, 2.75) is 6.42 Å². The number of aromatic hydroxyl groups is 1. The Morgan fingerprint density at radius 1 is 1.17 bits per heavy atom. The van der Waals surface area contributed by atoms with Crippen LogP contribution in [0, 0.1) is 0 Å². The third-order valence-electron chi connectivity index (χ3n) is 4.01. The summed E-state index contributed by atoms with van der Waals surface area (Å²) in [7, 11) is 0. The van der Waals surface area contributed by atoms with Crippen molar-refractivity contribution in [3.63, 3.8) is 0 Å². The standard InChI is InChI=1S/C20H16BrN3O4S2/c21-14-5-1-3-12(9-14)10-16-19(28)24(20(29)30-16)8-7-17(26)22-23-18(27)13-4-2-6-15(25)11-13/h1-6,9-11,25H,7-8H2,(H,22,26)(H,23,27)/b16-10-. The molecule has 1 aliphatic rings. The molecule has 10 heteroatoms. The van der Waals surface area contributed by atoms with Crippen LogP contribution in [-0.2, 0) is 9.59 Å². The number of phenols is 1. The number of nitrogens with one attached hydrogen (secondary N) is 2. The number of benzene rings is 2. The van der Waals surface area contributed by atoms with Crippen molar-refractivity contribution in [1.29, 1.82) is 0 Å². The molecule has 3 rings (SSSR count). The van der Waals surface area contributed by atoms with Crippen LogP contribution in [0.1, 0.15) is 22.3 Å². The lowest BCUT2D eigenvalue weighted by Gasteiger charge is -2.14. The zero-order chi connectivity index (χ0) is 21.7. The fraction of sp³-hybridized carbons (Fsp3) is 0.100. The molecule has 0 saturated carbocycles. The lowest BCUT2D eigenvalue weighted by atomic mass is 10.2. The van der Waals surface area contributed by atoms with Crippen LogP contribution in [0.4, 0.5) is 0 Å². The average Bonchev–Trinajstić information content (AvgIpc) is 2.97. The van der Waals surface area contributed by atoms with Gasteiger partial charge in [0.05, 0.1) is 4.91 Å². The Morgan fingerprint density at radius 2 is 1.93 bits per heavy atom. The van der Waals surface area contributed by atoms with Crippen LogP contribution >= 0.6 is 39.9 Å². The molecule has 0 radical (unpaired) electrons. The number of hydrogen-bond acceptors (Lipinski definition) is 6. The molecule has 0 atom stereocenters. The highest BCUT2D eigenvalue weighted by molar-refractivity contribution is 9.10. The van der Waals surface area contributed by atoms with Crippen LogP contribution in [0.2, 0.25) is 0 Å². The molecule has 3 N–H and O–H groups in total. The molecule has 1 fully saturated rings. The molecule has 30 heavy (non-hydrogen) atoms. The Kier molecular flexibility index (Phi) is 7.24. The summed E-state index contributed by atoms with van der Waals surface area (Å²) in [6, 6.07) is 13.2. The number of thiocarbonyl (C=S) groups is 1. The quantitative estimate of drug-likeness (QED) is 0.327. The molecule has 3 amide bonds. The van der Waals surface area contributed by atoms with Gasteiger partial charge in [-0.3, -0.25) is 30.1 Å². The molecule has 2 aromatic rings. The first-order valence-corrected chi connectivity index (χ1v) is 10.7. The molecular formula is C20H16BrN3O4S2. The molecular weight excluding hydrogens is 490 g/mol. The van der Waals surface area contributed by atoms with Gasteiger partial charge in [0, 0.05) is 23.0 Å². The van der Waals surface area contributed by atoms with Crippen molar-refractivity contribution < 1.29 is 19.5 Å². The van der Waals surface area contributed by atoms with E-state index in [1.54, 1.807) is 6.08 Å². The normalized spacial score (nSPS) is 14.8. The van der Waals surface area contributed by atoms with E-state index < -0.39 is 11.8 Å². The van der Waals surface area contributed by atoms with E-state index in [0.29, 0.717) is 9.23 Å². The predicted molar refractivity (Wildman–Crippen MR) is 122 cm³/mol. The topological polar surface area (TPSA) is 98.7 Å². The van der Waals surface area contributed by atoms with E-state index >= 15 is 0 Å². The van der Waals surface area contributed by atoms with Gasteiger partial charge in [-0.05, 0) is 42.0 Å². The average molecular weight is 506 g/mol. The minimum atomic E-state index is -0.568. The monoisotopic (exact) mass is 505 g/mol. The maximum atomic E-state index is 12.6. The highest BCUT2D eigenvalue weighted by atomic mass is 79.9. The summed E-state index contributed by atoms with van der Waals surface area (Å²) < 4.78 is 1.27. The number of halogens is 1. The summed E-state index contributed by atoms with van der Waals surface area (Å²) in [6.45, 7) is 0.0916. The second-order valence-electron chi connectivity index (χ2n) is 6.19. The Balaban J connectivity index is 1.52. The van der Waals surface area contributed by atoms with E-state index in [1.165, 1.54) is 40.9 Å². The molecule has 0 spiro atoms. The van der Waals surface area contributed by atoms with Crippen LogP contribution in [-0.4, -0.2) is 38.6 Å². The number of amides is 3. The van der Waals surface area contributed by atoms with Gasteiger partial charge in [0.25, 0.3) is 11.8 Å². The summed E-state index contributed by atoms with van der Waals surface area (Å²) in [5.74, 6) is -1.36.